The summed E-state index contributed by atoms with van der Waals surface area (Å²) in [6.07, 6.45) is 9.17. The van der Waals surface area contributed by atoms with Gasteiger partial charge in [0.25, 0.3) is 0 Å². The lowest BCUT2D eigenvalue weighted by molar-refractivity contribution is 0.256. The topological polar surface area (TPSA) is 38.9 Å². The third-order valence-electron chi connectivity index (χ3n) is 4.02. The minimum Gasteiger partial charge on any atom is -0.330 e. The molecule has 2 heteroatoms. The highest BCUT2D eigenvalue weighted by molar-refractivity contribution is 5.17. The van der Waals surface area contributed by atoms with Crippen molar-refractivity contribution in [1.29, 1.82) is 0 Å². The summed E-state index contributed by atoms with van der Waals surface area (Å²) >= 11 is 0. The fourth-order valence-electron chi connectivity index (χ4n) is 2.90. The Hall–Kier alpha value is -0.890. The third-order valence-corrected chi connectivity index (χ3v) is 4.02. The summed E-state index contributed by atoms with van der Waals surface area (Å²) in [5.41, 5.74) is 7.32. The van der Waals surface area contributed by atoms with Crippen LogP contribution in [-0.2, 0) is 0 Å². The summed E-state index contributed by atoms with van der Waals surface area (Å²) in [5, 5.41) is 0. The van der Waals surface area contributed by atoms with E-state index < -0.39 is 0 Å². The van der Waals surface area contributed by atoms with Crippen molar-refractivity contribution < 1.29 is 0 Å². The van der Waals surface area contributed by atoms with Gasteiger partial charge in [-0.1, -0.05) is 19.8 Å². The molecule has 2 nitrogen and oxygen atoms in total. The van der Waals surface area contributed by atoms with Gasteiger partial charge in [0.15, 0.2) is 0 Å². The van der Waals surface area contributed by atoms with E-state index >= 15 is 0 Å². The van der Waals surface area contributed by atoms with Crippen molar-refractivity contribution in [3.8, 4) is 0 Å². The Morgan fingerprint density at radius 2 is 1.88 bits per heavy atom. The Morgan fingerprint density at radius 1 is 1.25 bits per heavy atom. The van der Waals surface area contributed by atoms with E-state index in [2.05, 4.69) is 24.0 Å². The fourth-order valence-corrected chi connectivity index (χ4v) is 2.90. The molecule has 88 valence electrons. The van der Waals surface area contributed by atoms with Crippen LogP contribution in [0.25, 0.3) is 0 Å². The second-order valence-electron chi connectivity index (χ2n) is 5.14. The Bertz CT molecular complexity index is 302. The molecule has 1 aliphatic carbocycles. The van der Waals surface area contributed by atoms with E-state index in [9.17, 15) is 0 Å². The van der Waals surface area contributed by atoms with Gasteiger partial charge in [0.05, 0.1) is 0 Å². The molecule has 2 rings (SSSR count). The highest BCUT2D eigenvalue weighted by Gasteiger charge is 2.26. The molecular formula is C14H22N2. The highest BCUT2D eigenvalue weighted by Crippen LogP contribution is 2.37. The smallest absolute Gasteiger partial charge is 0.0270 e. The van der Waals surface area contributed by atoms with E-state index in [1.807, 2.05) is 12.4 Å². The molecule has 0 spiro atoms. The molecule has 1 fully saturated rings. The maximum Gasteiger partial charge on any atom is 0.0270 e. The molecule has 1 atom stereocenters. The van der Waals surface area contributed by atoms with Crippen molar-refractivity contribution in [2.24, 2.45) is 17.6 Å². The first-order valence-corrected chi connectivity index (χ1v) is 6.41. The molecule has 1 unspecified atom stereocenters. The predicted molar refractivity (Wildman–Crippen MR) is 67.2 cm³/mol. The first-order valence-electron chi connectivity index (χ1n) is 6.41. The molecule has 0 amide bonds. The van der Waals surface area contributed by atoms with Crippen LogP contribution in [-0.4, -0.2) is 11.5 Å². The molecule has 1 saturated carbocycles. The van der Waals surface area contributed by atoms with Crippen molar-refractivity contribution >= 4 is 0 Å². The monoisotopic (exact) mass is 218 g/mol. The van der Waals surface area contributed by atoms with E-state index in [4.69, 9.17) is 5.73 Å². The molecule has 0 aliphatic heterocycles. The van der Waals surface area contributed by atoms with Crippen LogP contribution in [0, 0.1) is 11.8 Å². The largest absolute Gasteiger partial charge is 0.330 e. The average molecular weight is 218 g/mol. The van der Waals surface area contributed by atoms with Crippen molar-refractivity contribution in [3.05, 3.63) is 30.1 Å². The molecule has 1 heterocycles. The van der Waals surface area contributed by atoms with Crippen LogP contribution < -0.4 is 5.73 Å². The molecule has 2 N–H and O–H groups in total. The minimum absolute atomic E-state index is 0.538. The fraction of sp³-hybridized carbons (Fsp3) is 0.643. The number of aromatic nitrogens is 1. The van der Waals surface area contributed by atoms with Gasteiger partial charge in [-0.15, -0.1) is 0 Å². The summed E-state index contributed by atoms with van der Waals surface area (Å²) in [7, 11) is 0. The first-order chi connectivity index (χ1) is 7.81. The van der Waals surface area contributed by atoms with Gasteiger partial charge in [-0.3, -0.25) is 4.98 Å². The van der Waals surface area contributed by atoms with E-state index in [0.29, 0.717) is 5.92 Å². The molecule has 1 aromatic heterocycles. The van der Waals surface area contributed by atoms with E-state index in [-0.39, 0.29) is 0 Å². The van der Waals surface area contributed by atoms with E-state index in [1.54, 1.807) is 0 Å². The van der Waals surface area contributed by atoms with Gasteiger partial charge < -0.3 is 5.73 Å². The summed E-state index contributed by atoms with van der Waals surface area (Å²) < 4.78 is 0. The third kappa shape index (κ3) is 2.62. The maximum absolute atomic E-state index is 5.95. The zero-order chi connectivity index (χ0) is 11.4. The van der Waals surface area contributed by atoms with Crippen LogP contribution in [0.4, 0.5) is 0 Å². The lowest BCUT2D eigenvalue weighted by Crippen LogP contribution is -2.25. The first kappa shape index (κ1) is 11.6. The van der Waals surface area contributed by atoms with Gasteiger partial charge in [0.2, 0.25) is 0 Å². The van der Waals surface area contributed by atoms with Crippen LogP contribution in [0.3, 0.4) is 0 Å². The summed E-state index contributed by atoms with van der Waals surface area (Å²) in [4.78, 5) is 4.08. The molecule has 16 heavy (non-hydrogen) atoms. The molecule has 0 aromatic carbocycles. The lowest BCUT2D eigenvalue weighted by atomic mass is 9.74. The summed E-state index contributed by atoms with van der Waals surface area (Å²) in [6, 6.07) is 4.24. The van der Waals surface area contributed by atoms with Gasteiger partial charge in [-0.25, -0.2) is 0 Å². The van der Waals surface area contributed by atoms with Crippen molar-refractivity contribution in [2.45, 2.75) is 38.5 Å². The van der Waals surface area contributed by atoms with Crippen LogP contribution >= 0.6 is 0 Å². The van der Waals surface area contributed by atoms with E-state index in [1.165, 1.54) is 31.2 Å². The maximum atomic E-state index is 5.95. The molecule has 0 saturated heterocycles. The second-order valence-corrected chi connectivity index (χ2v) is 5.14. The Morgan fingerprint density at radius 3 is 2.44 bits per heavy atom. The quantitative estimate of drug-likeness (QED) is 0.847. The Kier molecular flexibility index (Phi) is 3.94. The van der Waals surface area contributed by atoms with Gasteiger partial charge in [0.1, 0.15) is 0 Å². The predicted octanol–water partition coefficient (Wildman–Crippen LogP) is 2.95. The standard InChI is InChI=1S/C14H22N2/c1-11-2-4-12(5-3-11)14(10-15)13-6-8-16-9-7-13/h6-9,11-12,14H,2-5,10,15H2,1H3. The SMILES string of the molecule is CC1CCC(C(CN)c2ccncc2)CC1. The van der Waals surface area contributed by atoms with Crippen LogP contribution in [0.2, 0.25) is 0 Å². The second kappa shape index (κ2) is 5.44. The van der Waals surface area contributed by atoms with Crippen LogP contribution in [0.1, 0.15) is 44.1 Å². The lowest BCUT2D eigenvalue weighted by Gasteiger charge is -2.32. The van der Waals surface area contributed by atoms with Crippen LogP contribution in [0.15, 0.2) is 24.5 Å². The van der Waals surface area contributed by atoms with Gasteiger partial charge >= 0.3 is 0 Å². The Balaban J connectivity index is 2.05. The molecular weight excluding hydrogens is 196 g/mol. The summed E-state index contributed by atoms with van der Waals surface area (Å²) in [6.45, 7) is 3.13. The highest BCUT2D eigenvalue weighted by atomic mass is 14.6. The Labute approximate surface area is 98.3 Å². The number of nitrogens with two attached hydrogens (primary N) is 1. The van der Waals surface area contributed by atoms with Crippen molar-refractivity contribution in [3.63, 3.8) is 0 Å². The number of hydrogen-bond acceptors (Lipinski definition) is 2. The summed E-state index contributed by atoms with van der Waals surface area (Å²) in [5.74, 6) is 2.23. The normalized spacial score (nSPS) is 27.6. The molecule has 1 aromatic rings. The molecule has 0 radical (unpaired) electrons. The average Bonchev–Trinajstić information content (AvgIpc) is 2.34. The van der Waals surface area contributed by atoms with Gasteiger partial charge in [0, 0.05) is 12.4 Å². The number of hydrogen-bond donors (Lipinski definition) is 1. The number of rotatable bonds is 3. The van der Waals surface area contributed by atoms with E-state index in [0.717, 1.165) is 18.4 Å². The zero-order valence-corrected chi connectivity index (χ0v) is 10.1. The minimum atomic E-state index is 0.538. The van der Waals surface area contributed by atoms with Crippen molar-refractivity contribution in [2.75, 3.05) is 6.54 Å². The number of nitrogens with zero attached hydrogens (tertiary/aromatic N) is 1. The van der Waals surface area contributed by atoms with Crippen molar-refractivity contribution in [1.82, 2.24) is 4.98 Å². The zero-order valence-electron chi connectivity index (χ0n) is 10.1. The van der Waals surface area contributed by atoms with Gasteiger partial charge in [-0.05, 0) is 54.8 Å². The molecule has 0 bridgehead atoms. The van der Waals surface area contributed by atoms with Crippen LogP contribution in [0.5, 0.6) is 0 Å². The molecule has 1 aliphatic rings. The van der Waals surface area contributed by atoms with Gasteiger partial charge in [-0.2, -0.15) is 0 Å². The number of pyridine rings is 1.